The number of nitrogens with two attached hydrogens (primary N) is 1. The highest BCUT2D eigenvalue weighted by molar-refractivity contribution is 7.90. The van der Waals surface area contributed by atoms with Gasteiger partial charge >= 0.3 is 6.03 Å². The van der Waals surface area contributed by atoms with Crippen LogP contribution in [0, 0.1) is 0 Å². The van der Waals surface area contributed by atoms with Gasteiger partial charge in [0.25, 0.3) is 10.0 Å². The van der Waals surface area contributed by atoms with E-state index in [0.29, 0.717) is 11.8 Å². The first-order valence-electron chi connectivity index (χ1n) is 13.3. The van der Waals surface area contributed by atoms with Gasteiger partial charge in [-0.3, -0.25) is 9.80 Å². The maximum atomic E-state index is 13.7. The number of unbranched alkanes of at least 4 members (excludes halogenated alkanes) is 1. The molecule has 0 atom stereocenters. The minimum atomic E-state index is -4.03. The van der Waals surface area contributed by atoms with Crippen molar-refractivity contribution in [1.29, 1.82) is 0 Å². The number of carbonyl (C=O) groups is 1. The van der Waals surface area contributed by atoms with Crippen molar-refractivity contribution in [2.24, 2.45) is 5.73 Å². The van der Waals surface area contributed by atoms with Crippen molar-refractivity contribution in [2.75, 3.05) is 56.2 Å². The van der Waals surface area contributed by atoms with E-state index < -0.39 is 16.1 Å². The van der Waals surface area contributed by atoms with Crippen molar-refractivity contribution in [3.8, 4) is 5.75 Å². The lowest BCUT2D eigenvalue weighted by Gasteiger charge is -2.36. The predicted octanol–water partition coefficient (Wildman–Crippen LogP) is 3.77. The average molecular weight is 563 g/mol. The first-order valence-corrected chi connectivity index (χ1v) is 14.8. The lowest BCUT2D eigenvalue weighted by atomic mass is 10.2. The summed E-state index contributed by atoms with van der Waals surface area (Å²) in [6.07, 6.45) is 3.03. The van der Waals surface area contributed by atoms with Gasteiger partial charge in [0.05, 0.1) is 17.7 Å². The monoisotopic (exact) mass is 562 g/mol. The number of ether oxygens (including phenoxy) is 1. The minimum Gasteiger partial charge on any atom is -0.495 e. The zero-order valence-electron chi connectivity index (χ0n) is 22.5. The van der Waals surface area contributed by atoms with E-state index >= 15 is 0 Å². The number of carbonyl (C=O) groups excluding carboxylic acids is 1. The molecule has 4 aromatic rings. The van der Waals surface area contributed by atoms with E-state index in [1.54, 1.807) is 43.5 Å². The van der Waals surface area contributed by atoms with Gasteiger partial charge in [0, 0.05) is 44.3 Å². The number of urea groups is 1. The molecule has 2 aromatic heterocycles. The maximum absolute atomic E-state index is 13.7. The normalized spacial score (nSPS) is 14.4. The second-order valence-electron chi connectivity index (χ2n) is 9.70. The minimum absolute atomic E-state index is 0.107. The van der Waals surface area contributed by atoms with E-state index in [2.05, 4.69) is 20.9 Å². The van der Waals surface area contributed by atoms with Gasteiger partial charge in [0.2, 0.25) is 0 Å². The zero-order valence-corrected chi connectivity index (χ0v) is 23.3. The Hall–Kier alpha value is -4.09. The number of hydrogen-bond donors (Lipinski definition) is 1. The van der Waals surface area contributed by atoms with Gasteiger partial charge in [-0.15, -0.1) is 0 Å². The number of pyridine rings is 1. The molecule has 2 aromatic carbocycles. The molecule has 0 bridgehead atoms. The summed E-state index contributed by atoms with van der Waals surface area (Å²) in [5.41, 5.74) is 7.15. The topological polar surface area (TPSA) is 114 Å². The van der Waals surface area contributed by atoms with Gasteiger partial charge < -0.3 is 15.4 Å². The summed E-state index contributed by atoms with van der Waals surface area (Å²) in [4.78, 5) is 23.1. The van der Waals surface area contributed by atoms with E-state index in [1.165, 1.54) is 23.2 Å². The van der Waals surface area contributed by atoms with Crippen molar-refractivity contribution in [2.45, 2.75) is 17.7 Å². The summed E-state index contributed by atoms with van der Waals surface area (Å²) in [7, 11) is -2.34. The molecule has 1 saturated heterocycles. The lowest BCUT2D eigenvalue weighted by Crippen LogP contribution is -2.46. The fourth-order valence-corrected chi connectivity index (χ4v) is 6.66. The van der Waals surface area contributed by atoms with Gasteiger partial charge in [-0.05, 0) is 61.9 Å². The molecule has 40 heavy (non-hydrogen) atoms. The van der Waals surface area contributed by atoms with Crippen LogP contribution in [-0.2, 0) is 10.0 Å². The summed E-state index contributed by atoms with van der Waals surface area (Å²) in [5.74, 6) is 1.07. The molecule has 11 heteroatoms. The fraction of sp³-hybridized carbons (Fsp3) is 0.310. The largest absolute Gasteiger partial charge is 0.495 e. The van der Waals surface area contributed by atoms with Crippen molar-refractivity contribution in [1.82, 2.24) is 13.9 Å². The second-order valence-corrected chi connectivity index (χ2v) is 11.5. The molecule has 1 aliphatic heterocycles. The Labute approximate surface area is 234 Å². The van der Waals surface area contributed by atoms with E-state index in [4.69, 9.17) is 10.5 Å². The van der Waals surface area contributed by atoms with Gasteiger partial charge in [-0.1, -0.05) is 30.3 Å². The molecular weight excluding hydrogens is 528 g/mol. The summed E-state index contributed by atoms with van der Waals surface area (Å²) in [6, 6.07) is 20.6. The number of aromatic nitrogens is 2. The van der Waals surface area contributed by atoms with Crippen LogP contribution in [0.2, 0.25) is 0 Å². The van der Waals surface area contributed by atoms with Crippen LogP contribution >= 0.6 is 0 Å². The number of methoxy groups -OCH3 is 1. The highest BCUT2D eigenvalue weighted by atomic mass is 32.2. The lowest BCUT2D eigenvalue weighted by molar-refractivity contribution is 0.248. The first kappa shape index (κ1) is 27.5. The van der Waals surface area contributed by atoms with Crippen LogP contribution in [0.3, 0.4) is 0 Å². The third kappa shape index (κ3) is 5.61. The summed E-state index contributed by atoms with van der Waals surface area (Å²) < 4.78 is 34.0. The van der Waals surface area contributed by atoms with Gasteiger partial charge in [0.1, 0.15) is 11.6 Å². The summed E-state index contributed by atoms with van der Waals surface area (Å²) in [5, 5.41) is 0.608. The molecule has 0 aliphatic carbocycles. The number of amides is 2. The standard InChI is InChI=1S/C29H34N6O4S/c1-39-26-14-6-5-13-25(26)33-20-18-32(19-21-33)16-7-8-17-34(29(30)36)27-22-23-10-9-15-31-28(23)35(27)40(37,38)24-11-3-2-4-12-24/h2-6,9-15,22H,7-8,16-21H2,1H3,(H2,30,36). The molecule has 2 N–H and O–H groups in total. The molecular formula is C29H34N6O4S. The van der Waals surface area contributed by atoms with Gasteiger partial charge in [-0.2, -0.15) is 0 Å². The van der Waals surface area contributed by atoms with Crippen LogP contribution in [-0.4, -0.2) is 74.7 Å². The number of rotatable bonds is 10. The molecule has 3 heterocycles. The van der Waals surface area contributed by atoms with E-state index in [0.717, 1.165) is 54.6 Å². The smallest absolute Gasteiger partial charge is 0.320 e. The number of nitrogens with zero attached hydrogens (tertiary/aromatic N) is 5. The van der Waals surface area contributed by atoms with E-state index in [9.17, 15) is 13.2 Å². The van der Waals surface area contributed by atoms with Gasteiger partial charge in [0.15, 0.2) is 5.65 Å². The van der Waals surface area contributed by atoms with E-state index in [1.807, 2.05) is 18.2 Å². The number of hydrogen-bond acceptors (Lipinski definition) is 7. The summed E-state index contributed by atoms with van der Waals surface area (Å²) >= 11 is 0. The zero-order chi connectivity index (χ0) is 28.1. The van der Waals surface area contributed by atoms with Crippen LogP contribution < -0.4 is 20.3 Å². The van der Waals surface area contributed by atoms with Crippen LogP contribution in [0.5, 0.6) is 5.75 Å². The Morgan fingerprint density at radius 3 is 2.42 bits per heavy atom. The highest BCUT2D eigenvalue weighted by Crippen LogP contribution is 2.31. The van der Waals surface area contributed by atoms with E-state index in [-0.39, 0.29) is 22.9 Å². The maximum Gasteiger partial charge on any atom is 0.320 e. The number of fused-ring (bicyclic) bond motifs is 1. The second kappa shape index (κ2) is 12.0. The van der Waals surface area contributed by atoms with Crippen molar-refractivity contribution in [3.63, 3.8) is 0 Å². The Bertz CT molecular complexity index is 1570. The Kier molecular flexibility index (Phi) is 8.22. The average Bonchev–Trinajstić information content (AvgIpc) is 3.37. The molecule has 0 radical (unpaired) electrons. The highest BCUT2D eigenvalue weighted by Gasteiger charge is 2.28. The quantitative estimate of drug-likeness (QED) is 0.293. The van der Waals surface area contributed by atoms with Crippen molar-refractivity contribution in [3.05, 3.63) is 79.0 Å². The third-order valence-electron chi connectivity index (χ3n) is 7.23. The van der Waals surface area contributed by atoms with Crippen LogP contribution in [0.4, 0.5) is 16.3 Å². The molecule has 0 unspecified atom stereocenters. The molecule has 1 aliphatic rings. The number of piperazine rings is 1. The Morgan fingerprint density at radius 1 is 0.975 bits per heavy atom. The molecule has 2 amide bonds. The molecule has 0 saturated carbocycles. The number of para-hydroxylation sites is 2. The van der Waals surface area contributed by atoms with Crippen molar-refractivity contribution < 1.29 is 17.9 Å². The molecule has 5 rings (SSSR count). The Morgan fingerprint density at radius 2 is 1.70 bits per heavy atom. The molecule has 1 fully saturated rings. The molecule has 0 spiro atoms. The summed E-state index contributed by atoms with van der Waals surface area (Å²) in [6.45, 7) is 4.81. The van der Waals surface area contributed by atoms with Crippen LogP contribution in [0.1, 0.15) is 12.8 Å². The van der Waals surface area contributed by atoms with Crippen LogP contribution in [0.25, 0.3) is 11.0 Å². The Balaban J connectivity index is 1.26. The predicted molar refractivity (Wildman–Crippen MR) is 157 cm³/mol. The first-order chi connectivity index (χ1) is 19.4. The molecule has 210 valence electrons. The van der Waals surface area contributed by atoms with Gasteiger partial charge in [-0.25, -0.2) is 22.2 Å². The SMILES string of the molecule is COc1ccccc1N1CCN(CCCCN(C(N)=O)c2cc3cccnc3n2S(=O)(=O)c2ccccc2)CC1. The number of primary amides is 1. The number of anilines is 2. The van der Waals surface area contributed by atoms with Crippen LogP contribution in [0.15, 0.2) is 83.9 Å². The third-order valence-corrected chi connectivity index (χ3v) is 8.94. The molecule has 10 nitrogen and oxygen atoms in total. The van der Waals surface area contributed by atoms with Crippen molar-refractivity contribution >= 4 is 38.6 Å². The number of benzene rings is 2. The fourth-order valence-electron chi connectivity index (χ4n) is 5.17.